The Kier molecular flexibility index (Phi) is 7.04. The summed E-state index contributed by atoms with van der Waals surface area (Å²) in [6, 6.07) is 0.264. The van der Waals surface area contributed by atoms with Gasteiger partial charge >= 0.3 is 6.09 Å². The second kappa shape index (κ2) is 9.31. The Balaban J connectivity index is 1.39. The molecule has 1 atom stereocenters. The van der Waals surface area contributed by atoms with Crippen molar-refractivity contribution >= 4 is 12.1 Å². The number of ether oxygens (including phenoxy) is 2. The number of nitrogens with one attached hydrogen (secondary N) is 1. The Morgan fingerprint density at radius 2 is 1.96 bits per heavy atom. The van der Waals surface area contributed by atoms with Crippen LogP contribution in [0, 0.1) is 5.92 Å². The van der Waals surface area contributed by atoms with Crippen molar-refractivity contribution in [2.75, 3.05) is 66.1 Å². The van der Waals surface area contributed by atoms with E-state index in [0.29, 0.717) is 19.0 Å². The van der Waals surface area contributed by atoms with Crippen molar-refractivity contribution < 1.29 is 14.3 Å². The van der Waals surface area contributed by atoms with Gasteiger partial charge in [-0.05, 0) is 52.6 Å². The highest BCUT2D eigenvalue weighted by molar-refractivity contribution is 5.82. The quantitative estimate of drug-likeness (QED) is 0.755. The van der Waals surface area contributed by atoms with Gasteiger partial charge in [-0.2, -0.15) is 0 Å². The van der Waals surface area contributed by atoms with Gasteiger partial charge < -0.3 is 29.5 Å². The first-order valence-corrected chi connectivity index (χ1v) is 10.6. The number of likely N-dealkylation sites (tertiary alicyclic amines) is 1. The van der Waals surface area contributed by atoms with E-state index in [1.165, 1.54) is 12.8 Å². The Morgan fingerprint density at radius 3 is 2.64 bits per heavy atom. The topological polar surface area (TPSA) is 69.6 Å². The molecule has 3 aliphatic heterocycles. The Bertz CT molecular complexity index is 555. The number of piperazine rings is 1. The van der Waals surface area contributed by atoms with Crippen molar-refractivity contribution in [3.63, 3.8) is 0 Å². The molecule has 8 nitrogen and oxygen atoms in total. The molecule has 3 heterocycles. The number of nitrogens with zero attached hydrogens (tertiary/aromatic N) is 4. The predicted molar refractivity (Wildman–Crippen MR) is 110 cm³/mol. The largest absolute Gasteiger partial charge is 0.444 e. The molecule has 0 aromatic rings. The van der Waals surface area contributed by atoms with E-state index in [-0.39, 0.29) is 12.1 Å². The predicted octanol–water partition coefficient (Wildman–Crippen LogP) is 1.23. The van der Waals surface area contributed by atoms with E-state index < -0.39 is 5.60 Å². The summed E-state index contributed by atoms with van der Waals surface area (Å²) in [6.07, 6.45) is 2.23. The summed E-state index contributed by atoms with van der Waals surface area (Å²) in [5, 5.41) is 3.59. The van der Waals surface area contributed by atoms with Crippen LogP contribution in [0.2, 0.25) is 0 Å². The van der Waals surface area contributed by atoms with E-state index in [2.05, 4.69) is 15.1 Å². The van der Waals surface area contributed by atoms with Crippen molar-refractivity contribution in [1.82, 2.24) is 20.0 Å². The van der Waals surface area contributed by atoms with Gasteiger partial charge in [0.25, 0.3) is 0 Å². The van der Waals surface area contributed by atoms with Crippen LogP contribution in [0.25, 0.3) is 0 Å². The molecule has 8 heteroatoms. The normalized spacial score (nSPS) is 24.1. The van der Waals surface area contributed by atoms with Crippen LogP contribution in [0.5, 0.6) is 0 Å². The van der Waals surface area contributed by atoms with E-state index in [1.54, 1.807) is 7.11 Å². The fraction of sp³-hybridized carbons (Fsp3) is 0.900. The second-order valence-electron chi connectivity index (χ2n) is 9.10. The summed E-state index contributed by atoms with van der Waals surface area (Å²) in [4.78, 5) is 23.7. The highest BCUT2D eigenvalue weighted by Gasteiger charge is 2.36. The molecule has 1 unspecified atom stereocenters. The van der Waals surface area contributed by atoms with Crippen LogP contribution in [0.1, 0.15) is 33.6 Å². The van der Waals surface area contributed by atoms with Crippen LogP contribution in [0.4, 0.5) is 4.79 Å². The van der Waals surface area contributed by atoms with Gasteiger partial charge in [0.15, 0.2) is 5.96 Å². The van der Waals surface area contributed by atoms with Gasteiger partial charge in [-0.1, -0.05) is 0 Å². The third-order valence-corrected chi connectivity index (χ3v) is 5.73. The van der Waals surface area contributed by atoms with Gasteiger partial charge in [0.2, 0.25) is 0 Å². The number of rotatable bonds is 5. The van der Waals surface area contributed by atoms with Crippen molar-refractivity contribution in [2.24, 2.45) is 10.9 Å². The highest BCUT2D eigenvalue weighted by atomic mass is 16.6. The van der Waals surface area contributed by atoms with Crippen molar-refractivity contribution in [2.45, 2.75) is 45.3 Å². The maximum atomic E-state index is 12.3. The summed E-state index contributed by atoms with van der Waals surface area (Å²) in [5.74, 6) is 1.71. The number of hydrogen-bond acceptors (Lipinski definition) is 7. The molecule has 2 saturated heterocycles. The van der Waals surface area contributed by atoms with Gasteiger partial charge in [0, 0.05) is 39.8 Å². The minimum Gasteiger partial charge on any atom is -0.444 e. The number of carbonyl (C=O) groups is 1. The first-order chi connectivity index (χ1) is 13.4. The van der Waals surface area contributed by atoms with Crippen LogP contribution in [0.3, 0.4) is 0 Å². The first-order valence-electron chi connectivity index (χ1n) is 10.6. The number of aliphatic imine (C=N–C) groups is 1. The zero-order valence-electron chi connectivity index (χ0n) is 17.9. The molecule has 0 aromatic carbocycles. The lowest BCUT2D eigenvalue weighted by molar-refractivity contribution is 0.0137. The SMILES string of the molecule is COCCN1CCC(CNC2=NCC3CN(C(=O)OC(C)(C)C)CCN23)CC1. The molecule has 0 radical (unpaired) electrons. The summed E-state index contributed by atoms with van der Waals surface area (Å²) in [6.45, 7) is 13.8. The molecular formula is C20H37N5O3. The van der Waals surface area contributed by atoms with E-state index >= 15 is 0 Å². The number of piperidine rings is 1. The number of guanidine groups is 1. The number of carbonyl (C=O) groups excluding carboxylic acids is 1. The molecule has 0 aromatic heterocycles. The van der Waals surface area contributed by atoms with Crippen LogP contribution in [-0.4, -0.2) is 104 Å². The average Bonchev–Trinajstić information content (AvgIpc) is 3.06. The van der Waals surface area contributed by atoms with Crippen LogP contribution in [0.15, 0.2) is 4.99 Å². The van der Waals surface area contributed by atoms with Crippen LogP contribution >= 0.6 is 0 Å². The Labute approximate surface area is 169 Å². The number of hydrogen-bond donors (Lipinski definition) is 1. The smallest absolute Gasteiger partial charge is 0.410 e. The Morgan fingerprint density at radius 1 is 1.21 bits per heavy atom. The van der Waals surface area contributed by atoms with Crippen molar-refractivity contribution in [3.05, 3.63) is 0 Å². The van der Waals surface area contributed by atoms with Gasteiger partial charge in [-0.15, -0.1) is 0 Å². The Hall–Kier alpha value is -1.54. The van der Waals surface area contributed by atoms with E-state index in [1.807, 2.05) is 25.7 Å². The lowest BCUT2D eigenvalue weighted by atomic mass is 9.97. The van der Waals surface area contributed by atoms with Gasteiger partial charge in [-0.3, -0.25) is 4.99 Å². The maximum absolute atomic E-state index is 12.3. The molecule has 28 heavy (non-hydrogen) atoms. The van der Waals surface area contributed by atoms with E-state index in [9.17, 15) is 4.79 Å². The second-order valence-corrected chi connectivity index (χ2v) is 9.10. The van der Waals surface area contributed by atoms with Gasteiger partial charge in [-0.25, -0.2) is 4.79 Å². The van der Waals surface area contributed by atoms with E-state index in [0.717, 1.165) is 51.8 Å². The molecule has 0 aliphatic carbocycles. The lowest BCUT2D eigenvalue weighted by Crippen LogP contribution is -2.58. The summed E-state index contributed by atoms with van der Waals surface area (Å²) < 4.78 is 10.7. The molecule has 0 spiro atoms. The number of fused-ring (bicyclic) bond motifs is 1. The summed E-state index contributed by atoms with van der Waals surface area (Å²) >= 11 is 0. The van der Waals surface area contributed by atoms with Gasteiger partial charge in [0.1, 0.15) is 5.60 Å². The highest BCUT2D eigenvalue weighted by Crippen LogP contribution is 2.20. The van der Waals surface area contributed by atoms with Crippen molar-refractivity contribution in [3.8, 4) is 0 Å². The molecule has 3 rings (SSSR count). The molecule has 0 bridgehead atoms. The lowest BCUT2D eigenvalue weighted by Gasteiger charge is -2.39. The zero-order chi connectivity index (χ0) is 20.1. The van der Waals surface area contributed by atoms with E-state index in [4.69, 9.17) is 14.5 Å². The van der Waals surface area contributed by atoms with Crippen LogP contribution < -0.4 is 5.32 Å². The third kappa shape index (κ3) is 5.73. The molecular weight excluding hydrogens is 358 g/mol. The number of methoxy groups -OCH3 is 1. The fourth-order valence-electron chi connectivity index (χ4n) is 4.09. The monoisotopic (exact) mass is 395 g/mol. The molecule has 2 fully saturated rings. The molecule has 1 amide bonds. The molecule has 0 saturated carbocycles. The third-order valence-electron chi connectivity index (χ3n) is 5.73. The average molecular weight is 396 g/mol. The summed E-state index contributed by atoms with van der Waals surface area (Å²) in [7, 11) is 1.76. The standard InChI is InChI=1S/C20H37N5O3/c1-20(2,3)28-19(26)24-9-10-25-17(15-24)14-22-18(25)21-13-16-5-7-23(8-6-16)11-12-27-4/h16-17H,5-15H2,1-4H3,(H,21,22). The minimum atomic E-state index is -0.452. The molecule has 3 aliphatic rings. The molecule has 160 valence electrons. The zero-order valence-corrected chi connectivity index (χ0v) is 17.9. The number of amides is 1. The van der Waals surface area contributed by atoms with Crippen LogP contribution in [-0.2, 0) is 9.47 Å². The van der Waals surface area contributed by atoms with Gasteiger partial charge in [0.05, 0.1) is 19.2 Å². The van der Waals surface area contributed by atoms with Crippen molar-refractivity contribution in [1.29, 1.82) is 0 Å². The minimum absolute atomic E-state index is 0.214. The summed E-state index contributed by atoms with van der Waals surface area (Å²) in [5.41, 5.74) is -0.452. The molecule has 1 N–H and O–H groups in total. The maximum Gasteiger partial charge on any atom is 0.410 e. The first kappa shape index (κ1) is 21.2. The fourth-order valence-corrected chi connectivity index (χ4v) is 4.09.